The fourth-order valence-corrected chi connectivity index (χ4v) is 10.6. The first kappa shape index (κ1) is 61.1. The highest BCUT2D eigenvalue weighted by Crippen LogP contribution is 2.40. The molecule has 35 unspecified atom stereocenters. The maximum atomic E-state index is 11.5. The zero-order chi connectivity index (χ0) is 56.3. The molecular weight excluding hydrogens is 1080 g/mol. The molecule has 0 aromatic carbocycles. The summed E-state index contributed by atoms with van der Waals surface area (Å²) >= 11 is 0. The van der Waals surface area contributed by atoms with Crippen molar-refractivity contribution in [2.24, 2.45) is 0 Å². The van der Waals surface area contributed by atoms with Gasteiger partial charge in [0.25, 0.3) is 6.29 Å². The van der Waals surface area contributed by atoms with E-state index >= 15 is 0 Å². The molecule has 0 radical (unpaired) electrons. The SMILES string of the molecule is OCC1OC2OC3C(CO)OC(OC4C(CO)OC(OC5C(O)C(O)C(OC6C(CO)OC(OC7C(CO)OC(OC8C(CO)OC(OC1C(O)C2O)C(O)C8O)C(O)C7O)C(O)C6O)OC5C1OO1)C(O)C4O)C(O)C3O. The Morgan fingerprint density at radius 1 is 0.167 bits per heavy atom. The lowest BCUT2D eigenvalue weighted by Gasteiger charge is -2.50. The summed E-state index contributed by atoms with van der Waals surface area (Å²) in [5.74, 6) is 0. The Kier molecular flexibility index (Phi) is 19.9. The molecule has 0 aliphatic carbocycles. The number of rotatable bonds is 7. The number of hydrogen-bond donors (Lipinski definition) is 20. The molecule has 35 atom stereocenters. The summed E-state index contributed by atoms with van der Waals surface area (Å²) < 4.78 is 80.0. The maximum absolute atomic E-state index is 11.5. The largest absolute Gasteiger partial charge is 0.394 e. The van der Waals surface area contributed by atoms with E-state index in [0.29, 0.717) is 0 Å². The van der Waals surface area contributed by atoms with E-state index in [4.69, 9.17) is 76.1 Å². The average Bonchev–Trinajstić information content (AvgIpc) is 4.29. The molecule has 0 aromatic heterocycles. The first-order valence-corrected chi connectivity index (χ1v) is 24.9. The molecule has 22 heterocycles. The van der Waals surface area contributed by atoms with Crippen LogP contribution in [0.3, 0.4) is 0 Å². The fraction of sp³-hybridized carbons (Fsp3) is 1.00. The Morgan fingerprint density at radius 3 is 0.500 bits per heavy atom. The summed E-state index contributed by atoms with van der Waals surface area (Å²) in [6.45, 7) is -6.25. The molecule has 22 aliphatic heterocycles. The number of ether oxygens (including phenoxy) is 14. The molecule has 452 valence electrons. The second-order valence-electron chi connectivity index (χ2n) is 20.0. The monoisotopic (exact) mass is 1150 g/mol. The van der Waals surface area contributed by atoms with Gasteiger partial charge in [-0.1, -0.05) is 0 Å². The fourth-order valence-electron chi connectivity index (χ4n) is 10.6. The van der Waals surface area contributed by atoms with Gasteiger partial charge in [-0.05, 0) is 0 Å². The maximum Gasteiger partial charge on any atom is 0.253 e. The zero-order valence-electron chi connectivity index (χ0n) is 40.5. The van der Waals surface area contributed by atoms with Crippen LogP contribution in [0.1, 0.15) is 0 Å². The van der Waals surface area contributed by atoms with Gasteiger partial charge < -0.3 is 168 Å². The third-order valence-corrected chi connectivity index (χ3v) is 15.0. The molecule has 0 amide bonds. The standard InChI is InChI=1S/C42H68O36/c43-1-7-27-14(50)21(57)36(64-7)71-29-9(3-45)66-38(23(59)16(29)52)73-31-11(5-47)68-40(25(61)18(31)54)75-33-19(55)26(62)41(76-34(33)42-77-78-42)74-32-12(6-48)67-39(24(60)17(32)53)72-30-10(4-46)65-37(22(58)15(30)51)70-28-8(2-44)63-35(69-27)20(56)13(28)49/h7-62H,1-6H2. The topological polar surface area (TPSA) is 559 Å². The van der Waals surface area contributed by atoms with Crippen LogP contribution in [0.25, 0.3) is 0 Å². The molecule has 22 rings (SSSR count). The molecule has 14 bridgehead atoms. The summed E-state index contributed by atoms with van der Waals surface area (Å²) in [6.07, 6.45) is -71.3. The Balaban J connectivity index is 0.998. The number of hydrogen-bond acceptors (Lipinski definition) is 36. The van der Waals surface area contributed by atoms with Gasteiger partial charge in [0.1, 0.15) is 171 Å². The highest BCUT2D eigenvalue weighted by molar-refractivity contribution is 5.02. The molecule has 22 saturated heterocycles. The van der Waals surface area contributed by atoms with Crippen LogP contribution in [0.4, 0.5) is 0 Å². The third-order valence-electron chi connectivity index (χ3n) is 15.0. The molecule has 78 heavy (non-hydrogen) atoms. The van der Waals surface area contributed by atoms with Gasteiger partial charge >= 0.3 is 0 Å². The molecule has 20 N–H and O–H groups in total. The summed E-state index contributed by atoms with van der Waals surface area (Å²) in [4.78, 5) is 9.76. The second kappa shape index (κ2) is 25.4. The number of aliphatic hydroxyl groups is 20. The van der Waals surface area contributed by atoms with Gasteiger partial charge in [-0.25, -0.2) is 0 Å². The van der Waals surface area contributed by atoms with E-state index in [2.05, 4.69) is 0 Å². The van der Waals surface area contributed by atoms with Crippen LogP contribution in [0, 0.1) is 0 Å². The molecule has 36 nitrogen and oxygen atoms in total. The predicted octanol–water partition coefficient (Wildman–Crippen LogP) is -14.9. The summed E-state index contributed by atoms with van der Waals surface area (Å²) in [5, 5.41) is 221. The Hall–Kier alpha value is -1.44. The quantitative estimate of drug-likeness (QED) is 0.0831. The van der Waals surface area contributed by atoms with Gasteiger partial charge in [0.15, 0.2) is 44.0 Å². The van der Waals surface area contributed by atoms with Crippen molar-refractivity contribution in [1.29, 1.82) is 0 Å². The Labute approximate surface area is 438 Å². The van der Waals surface area contributed by atoms with Gasteiger partial charge in [0.2, 0.25) is 0 Å². The number of aliphatic hydroxyl groups excluding tert-OH is 20. The second-order valence-corrected chi connectivity index (χ2v) is 20.0. The van der Waals surface area contributed by atoms with Crippen molar-refractivity contribution in [2.75, 3.05) is 39.6 Å². The van der Waals surface area contributed by atoms with Crippen molar-refractivity contribution < 1.29 is 178 Å². The van der Waals surface area contributed by atoms with E-state index in [1.54, 1.807) is 0 Å². The molecule has 22 aliphatic rings. The van der Waals surface area contributed by atoms with Crippen molar-refractivity contribution in [1.82, 2.24) is 0 Å². The lowest BCUT2D eigenvalue weighted by atomic mass is 9.95. The van der Waals surface area contributed by atoms with Crippen LogP contribution in [0.2, 0.25) is 0 Å². The highest BCUT2D eigenvalue weighted by Gasteiger charge is 2.61. The highest BCUT2D eigenvalue weighted by atomic mass is 17.4. The minimum absolute atomic E-state index is 1.04. The summed E-state index contributed by atoms with van der Waals surface area (Å²) in [6, 6.07) is 0. The minimum Gasteiger partial charge on any atom is -0.394 e. The van der Waals surface area contributed by atoms with Crippen molar-refractivity contribution in [3.05, 3.63) is 0 Å². The zero-order valence-corrected chi connectivity index (χ0v) is 40.5. The van der Waals surface area contributed by atoms with Gasteiger partial charge in [-0.3, -0.25) is 0 Å². The minimum atomic E-state index is -2.21. The average molecular weight is 1150 g/mol. The Morgan fingerprint density at radius 2 is 0.321 bits per heavy atom. The molecule has 36 heteroatoms. The van der Waals surface area contributed by atoms with Crippen molar-refractivity contribution >= 4 is 0 Å². The first-order chi connectivity index (χ1) is 37.2. The van der Waals surface area contributed by atoms with Crippen molar-refractivity contribution in [2.45, 2.75) is 221 Å². The van der Waals surface area contributed by atoms with Gasteiger partial charge in [-0.15, -0.1) is 0 Å². The van der Waals surface area contributed by atoms with Crippen molar-refractivity contribution in [3.8, 4) is 0 Å². The smallest absolute Gasteiger partial charge is 0.253 e. The Bertz CT molecular complexity index is 1880. The summed E-state index contributed by atoms with van der Waals surface area (Å²) in [7, 11) is 0. The van der Waals surface area contributed by atoms with E-state index in [1.807, 2.05) is 0 Å². The summed E-state index contributed by atoms with van der Waals surface area (Å²) in [5.41, 5.74) is 0. The lowest BCUT2D eigenvalue weighted by Crippen LogP contribution is -2.68. The molecular formula is C42H68O36. The van der Waals surface area contributed by atoms with Crippen LogP contribution >= 0.6 is 0 Å². The van der Waals surface area contributed by atoms with Crippen LogP contribution in [0.5, 0.6) is 0 Å². The van der Waals surface area contributed by atoms with Gasteiger partial charge in [0.05, 0.1) is 39.6 Å². The van der Waals surface area contributed by atoms with E-state index in [-0.39, 0.29) is 0 Å². The predicted molar refractivity (Wildman–Crippen MR) is 227 cm³/mol. The van der Waals surface area contributed by atoms with Crippen molar-refractivity contribution in [3.63, 3.8) is 0 Å². The lowest BCUT2D eigenvalue weighted by molar-refractivity contribution is -0.396. The molecule has 0 saturated carbocycles. The van der Waals surface area contributed by atoms with Gasteiger partial charge in [0, 0.05) is 0 Å². The third kappa shape index (κ3) is 11.7. The van der Waals surface area contributed by atoms with E-state index in [9.17, 15) is 102 Å². The first-order valence-electron chi connectivity index (χ1n) is 24.9. The van der Waals surface area contributed by atoms with Gasteiger partial charge in [-0.2, -0.15) is 9.78 Å². The normalized spacial score (nSPS) is 55.8. The van der Waals surface area contributed by atoms with Crippen LogP contribution in [-0.2, 0) is 76.1 Å². The van der Waals surface area contributed by atoms with E-state index < -0.39 is 261 Å². The molecule has 22 fully saturated rings. The van der Waals surface area contributed by atoms with Crippen LogP contribution in [-0.4, -0.2) is 363 Å². The van der Waals surface area contributed by atoms with E-state index in [0.717, 1.165) is 0 Å². The molecule has 0 spiro atoms. The van der Waals surface area contributed by atoms with Crippen LogP contribution in [0.15, 0.2) is 0 Å². The molecule has 0 aromatic rings. The van der Waals surface area contributed by atoms with E-state index in [1.165, 1.54) is 0 Å². The van der Waals surface area contributed by atoms with Crippen LogP contribution < -0.4 is 0 Å².